The number of anilines is 2. The number of thioether (sulfide) groups is 1. The van der Waals surface area contributed by atoms with E-state index in [9.17, 15) is 14.0 Å². The highest BCUT2D eigenvalue weighted by molar-refractivity contribution is 8.00. The molecular weight excluding hydrogens is 403 g/mol. The minimum Gasteiger partial charge on any atom is -0.495 e. The lowest BCUT2D eigenvalue weighted by Gasteiger charge is -2.14. The molecule has 154 valence electrons. The molecule has 7 heteroatoms. The van der Waals surface area contributed by atoms with Gasteiger partial charge in [0.1, 0.15) is 11.6 Å². The van der Waals surface area contributed by atoms with Crippen molar-refractivity contribution in [1.29, 1.82) is 0 Å². The van der Waals surface area contributed by atoms with Crippen LogP contribution in [0.5, 0.6) is 5.75 Å². The van der Waals surface area contributed by atoms with Crippen molar-refractivity contribution in [2.75, 3.05) is 17.7 Å². The van der Waals surface area contributed by atoms with Gasteiger partial charge in [-0.25, -0.2) is 4.39 Å². The molecule has 1 atom stereocenters. The number of hydrogen-bond acceptors (Lipinski definition) is 4. The molecule has 30 heavy (non-hydrogen) atoms. The minimum absolute atomic E-state index is 0.162. The van der Waals surface area contributed by atoms with Gasteiger partial charge in [0.05, 0.1) is 18.0 Å². The molecule has 0 fully saturated rings. The molecule has 1 unspecified atom stereocenters. The van der Waals surface area contributed by atoms with Crippen molar-refractivity contribution in [3.8, 4) is 5.75 Å². The highest BCUT2D eigenvalue weighted by Gasteiger charge is 2.16. The van der Waals surface area contributed by atoms with E-state index in [4.69, 9.17) is 4.74 Å². The first-order valence-corrected chi connectivity index (χ1v) is 10.1. The summed E-state index contributed by atoms with van der Waals surface area (Å²) >= 11 is 1.37. The van der Waals surface area contributed by atoms with E-state index in [1.165, 1.54) is 36.0 Å². The fourth-order valence-corrected chi connectivity index (χ4v) is 3.62. The quantitative estimate of drug-likeness (QED) is 0.511. The lowest BCUT2D eigenvalue weighted by atomic mass is 10.2. The topological polar surface area (TPSA) is 67.4 Å². The Morgan fingerprint density at radius 1 is 0.967 bits per heavy atom. The molecule has 2 N–H and O–H groups in total. The lowest BCUT2D eigenvalue weighted by molar-refractivity contribution is -0.115. The maximum atomic E-state index is 13.0. The van der Waals surface area contributed by atoms with Crippen molar-refractivity contribution in [3.05, 3.63) is 84.2 Å². The van der Waals surface area contributed by atoms with Crippen LogP contribution in [0.25, 0.3) is 0 Å². The van der Waals surface area contributed by atoms with E-state index in [1.807, 2.05) is 18.2 Å². The molecule has 3 aromatic carbocycles. The van der Waals surface area contributed by atoms with Crippen molar-refractivity contribution in [3.63, 3.8) is 0 Å². The SMILES string of the molecule is COc1ccccc1NC(=O)C(C)Sc1cccc(NC(=O)c2ccc(F)cc2)c1. The first kappa shape index (κ1) is 21.4. The van der Waals surface area contributed by atoms with Gasteiger partial charge >= 0.3 is 0 Å². The molecule has 0 aliphatic heterocycles. The van der Waals surface area contributed by atoms with E-state index in [0.717, 1.165) is 4.90 Å². The van der Waals surface area contributed by atoms with Crippen LogP contribution < -0.4 is 15.4 Å². The average Bonchev–Trinajstić information content (AvgIpc) is 2.74. The number of methoxy groups -OCH3 is 1. The van der Waals surface area contributed by atoms with Crippen LogP contribution in [0.15, 0.2) is 77.7 Å². The second-order valence-electron chi connectivity index (χ2n) is 6.44. The number of carbonyl (C=O) groups is 2. The molecule has 0 aromatic heterocycles. The number of amides is 2. The molecule has 0 aliphatic rings. The second-order valence-corrected chi connectivity index (χ2v) is 7.85. The summed E-state index contributed by atoms with van der Waals surface area (Å²) in [5, 5.41) is 5.28. The molecule has 3 rings (SSSR count). The summed E-state index contributed by atoms with van der Waals surface area (Å²) in [6, 6.07) is 19.7. The summed E-state index contributed by atoms with van der Waals surface area (Å²) in [5.74, 6) is -0.303. The average molecular weight is 424 g/mol. The number of benzene rings is 3. The first-order chi connectivity index (χ1) is 14.5. The fourth-order valence-electron chi connectivity index (χ4n) is 2.69. The normalized spacial score (nSPS) is 11.4. The Hall–Kier alpha value is -3.32. The highest BCUT2D eigenvalue weighted by Crippen LogP contribution is 2.28. The number of halogens is 1. The van der Waals surface area contributed by atoms with Crippen LogP contribution in [-0.4, -0.2) is 24.2 Å². The van der Waals surface area contributed by atoms with Gasteiger partial charge in [0.25, 0.3) is 5.91 Å². The van der Waals surface area contributed by atoms with Crippen LogP contribution >= 0.6 is 11.8 Å². The van der Waals surface area contributed by atoms with Gasteiger partial charge < -0.3 is 15.4 Å². The Balaban J connectivity index is 1.63. The standard InChI is InChI=1S/C23H21FN2O3S/c1-15(22(27)26-20-8-3-4-9-21(20)29-2)30-19-7-5-6-18(14-19)25-23(28)16-10-12-17(24)13-11-16/h3-15H,1-2H3,(H,25,28)(H,26,27). The van der Waals surface area contributed by atoms with E-state index in [-0.39, 0.29) is 17.1 Å². The Morgan fingerprint density at radius 2 is 1.70 bits per heavy atom. The van der Waals surface area contributed by atoms with Crippen molar-refractivity contribution in [1.82, 2.24) is 0 Å². The number of para-hydroxylation sites is 2. The second kappa shape index (κ2) is 9.93. The number of hydrogen-bond donors (Lipinski definition) is 2. The highest BCUT2D eigenvalue weighted by atomic mass is 32.2. The summed E-state index contributed by atoms with van der Waals surface area (Å²) in [6.07, 6.45) is 0. The fraction of sp³-hybridized carbons (Fsp3) is 0.130. The van der Waals surface area contributed by atoms with Crippen LogP contribution in [-0.2, 0) is 4.79 Å². The molecule has 0 spiro atoms. The van der Waals surface area contributed by atoms with Gasteiger partial charge in [0.2, 0.25) is 5.91 Å². The van der Waals surface area contributed by atoms with E-state index in [2.05, 4.69) is 10.6 Å². The number of nitrogens with one attached hydrogen (secondary N) is 2. The third-order valence-corrected chi connectivity index (χ3v) is 5.34. The lowest BCUT2D eigenvalue weighted by Crippen LogP contribution is -2.22. The van der Waals surface area contributed by atoms with Crippen LogP contribution in [0.4, 0.5) is 15.8 Å². The number of carbonyl (C=O) groups excluding carboxylic acids is 2. The van der Waals surface area contributed by atoms with Gasteiger partial charge in [-0.05, 0) is 61.5 Å². The van der Waals surface area contributed by atoms with Crippen molar-refractivity contribution < 1.29 is 18.7 Å². The summed E-state index contributed by atoms with van der Waals surface area (Å²) in [7, 11) is 1.55. The van der Waals surface area contributed by atoms with Crippen LogP contribution in [0.2, 0.25) is 0 Å². The molecule has 3 aromatic rings. The van der Waals surface area contributed by atoms with Crippen LogP contribution in [0, 0.1) is 5.82 Å². The Morgan fingerprint density at radius 3 is 2.43 bits per heavy atom. The summed E-state index contributed by atoms with van der Waals surface area (Å²) in [6.45, 7) is 1.80. The molecular formula is C23H21FN2O3S. The van der Waals surface area contributed by atoms with Crippen LogP contribution in [0.1, 0.15) is 17.3 Å². The zero-order chi connectivity index (χ0) is 21.5. The van der Waals surface area contributed by atoms with Gasteiger partial charge in [-0.15, -0.1) is 11.8 Å². The summed E-state index contributed by atoms with van der Waals surface area (Å²) < 4.78 is 18.3. The Kier molecular flexibility index (Phi) is 7.08. The maximum absolute atomic E-state index is 13.0. The molecule has 2 amide bonds. The van der Waals surface area contributed by atoms with Gasteiger partial charge in [0.15, 0.2) is 0 Å². The van der Waals surface area contributed by atoms with Gasteiger partial charge in [-0.2, -0.15) is 0 Å². The molecule has 0 radical (unpaired) electrons. The van der Waals surface area contributed by atoms with Crippen LogP contribution in [0.3, 0.4) is 0 Å². The summed E-state index contributed by atoms with van der Waals surface area (Å²) in [4.78, 5) is 25.7. The van der Waals surface area contributed by atoms with Crippen molar-refractivity contribution in [2.24, 2.45) is 0 Å². The van der Waals surface area contributed by atoms with E-state index >= 15 is 0 Å². The zero-order valence-corrected chi connectivity index (χ0v) is 17.3. The van der Waals surface area contributed by atoms with Crippen molar-refractivity contribution >= 4 is 35.0 Å². The summed E-state index contributed by atoms with van der Waals surface area (Å²) in [5.41, 5.74) is 1.56. The smallest absolute Gasteiger partial charge is 0.255 e. The third-order valence-electron chi connectivity index (χ3n) is 4.25. The Labute approximate surface area is 178 Å². The predicted molar refractivity (Wildman–Crippen MR) is 118 cm³/mol. The molecule has 0 saturated carbocycles. The maximum Gasteiger partial charge on any atom is 0.255 e. The predicted octanol–water partition coefficient (Wildman–Crippen LogP) is 5.21. The molecule has 0 heterocycles. The van der Waals surface area contributed by atoms with E-state index < -0.39 is 5.82 Å². The Bertz CT molecular complexity index is 1040. The molecule has 0 aliphatic carbocycles. The monoisotopic (exact) mass is 424 g/mol. The minimum atomic E-state index is -0.398. The third kappa shape index (κ3) is 5.61. The van der Waals surface area contributed by atoms with Crippen molar-refractivity contribution in [2.45, 2.75) is 17.1 Å². The van der Waals surface area contributed by atoms with Gasteiger partial charge in [-0.1, -0.05) is 18.2 Å². The number of ether oxygens (including phenoxy) is 1. The molecule has 5 nitrogen and oxygen atoms in total. The first-order valence-electron chi connectivity index (χ1n) is 9.24. The van der Waals surface area contributed by atoms with Gasteiger partial charge in [0, 0.05) is 16.1 Å². The largest absolute Gasteiger partial charge is 0.495 e. The zero-order valence-electron chi connectivity index (χ0n) is 16.5. The molecule has 0 bridgehead atoms. The van der Waals surface area contributed by atoms with E-state index in [1.54, 1.807) is 44.4 Å². The van der Waals surface area contributed by atoms with Gasteiger partial charge in [-0.3, -0.25) is 9.59 Å². The van der Waals surface area contributed by atoms with E-state index in [0.29, 0.717) is 22.7 Å². The number of rotatable bonds is 7. The molecule has 0 saturated heterocycles.